The van der Waals surface area contributed by atoms with Crippen LogP contribution < -0.4 is 5.32 Å². The third-order valence-corrected chi connectivity index (χ3v) is 6.16. The van der Waals surface area contributed by atoms with E-state index in [9.17, 15) is 49.1 Å². The van der Waals surface area contributed by atoms with E-state index in [4.69, 9.17) is 0 Å². The van der Waals surface area contributed by atoms with Crippen LogP contribution in [0.2, 0.25) is 0 Å². The molecule has 1 unspecified atom stereocenters. The predicted octanol–water partition coefficient (Wildman–Crippen LogP) is 5.46. The lowest BCUT2D eigenvalue weighted by Crippen LogP contribution is -2.64. The number of carbonyl (C=O) groups excluding carboxylic acids is 2. The van der Waals surface area contributed by atoms with Gasteiger partial charge >= 0.3 is 35.8 Å². The number of anilines is 1. The first-order valence-corrected chi connectivity index (χ1v) is 9.59. The average Bonchev–Trinajstić information content (AvgIpc) is 3.02. The molecule has 0 fully saturated rings. The summed E-state index contributed by atoms with van der Waals surface area (Å²) in [6.07, 6.45) is -5.10. The van der Waals surface area contributed by atoms with E-state index < -0.39 is 46.4 Å². The molecule has 1 amide bonds. The van der Waals surface area contributed by atoms with Crippen LogP contribution >= 0.6 is 11.3 Å². The van der Waals surface area contributed by atoms with E-state index in [-0.39, 0.29) is 12.3 Å². The molecule has 1 N–H and O–H groups in total. The number of hydrogen-bond donors (Lipinski definition) is 1. The third kappa shape index (κ3) is 4.10. The summed E-state index contributed by atoms with van der Waals surface area (Å²) in [6.45, 7) is 1.87. The van der Waals surface area contributed by atoms with Gasteiger partial charge in [-0.1, -0.05) is 13.3 Å². The van der Waals surface area contributed by atoms with E-state index in [1.807, 2.05) is 6.92 Å². The van der Waals surface area contributed by atoms with Crippen molar-refractivity contribution in [2.45, 2.75) is 56.6 Å². The van der Waals surface area contributed by atoms with Crippen LogP contribution in [0.4, 0.5) is 44.5 Å². The van der Waals surface area contributed by atoms with Crippen molar-refractivity contribution in [3.05, 3.63) is 16.0 Å². The molecule has 0 saturated carbocycles. The first kappa shape index (κ1) is 25.3. The van der Waals surface area contributed by atoms with Crippen LogP contribution in [0.3, 0.4) is 0 Å². The summed E-state index contributed by atoms with van der Waals surface area (Å²) in [7, 11) is 0.919. The molecule has 1 atom stereocenters. The number of rotatable bonds is 6. The SMILES string of the molecule is CCC1CCc2c(sc(NC(=O)C(F)(F)C(F)(F)C(F)(F)C(F)(F)F)c2C(=O)OC)C1. The minimum Gasteiger partial charge on any atom is -0.465 e. The molecule has 1 aliphatic rings. The topological polar surface area (TPSA) is 55.4 Å². The van der Waals surface area contributed by atoms with Gasteiger partial charge in [-0.3, -0.25) is 4.79 Å². The maximum atomic E-state index is 13.9. The maximum Gasteiger partial charge on any atom is 0.460 e. The van der Waals surface area contributed by atoms with Gasteiger partial charge in [0.25, 0.3) is 0 Å². The summed E-state index contributed by atoms with van der Waals surface area (Å²) in [4.78, 5) is 24.3. The summed E-state index contributed by atoms with van der Waals surface area (Å²) in [5, 5.41) is 0.543. The highest BCUT2D eigenvalue weighted by molar-refractivity contribution is 7.17. The lowest BCUT2D eigenvalue weighted by Gasteiger charge is -2.32. The highest BCUT2D eigenvalue weighted by Crippen LogP contribution is 2.53. The molecule has 0 saturated heterocycles. The van der Waals surface area contributed by atoms with Crippen molar-refractivity contribution in [2.75, 3.05) is 12.4 Å². The number of esters is 1. The predicted molar refractivity (Wildman–Crippen MR) is 91.0 cm³/mol. The zero-order chi connectivity index (χ0) is 24.0. The zero-order valence-electron chi connectivity index (χ0n) is 15.9. The van der Waals surface area contributed by atoms with E-state index in [1.165, 1.54) is 5.32 Å². The average molecular weight is 485 g/mol. The van der Waals surface area contributed by atoms with Crippen molar-refractivity contribution >= 4 is 28.2 Å². The Bertz CT molecular complexity index is 864. The normalized spacial score (nSPS) is 17.8. The van der Waals surface area contributed by atoms with Gasteiger partial charge in [-0.2, -0.15) is 39.5 Å². The molecule has 4 nitrogen and oxygen atoms in total. The first-order valence-electron chi connectivity index (χ1n) is 8.77. The molecule has 14 heteroatoms. The number of amides is 1. The number of thiophene rings is 1. The Morgan fingerprint density at radius 1 is 1.06 bits per heavy atom. The largest absolute Gasteiger partial charge is 0.465 e. The molecule has 1 aliphatic carbocycles. The number of methoxy groups -OCH3 is 1. The van der Waals surface area contributed by atoms with Crippen LogP contribution in [0.1, 0.15) is 40.6 Å². The number of ether oxygens (including phenoxy) is 1. The van der Waals surface area contributed by atoms with E-state index in [2.05, 4.69) is 4.74 Å². The summed E-state index contributed by atoms with van der Waals surface area (Å²) in [5.41, 5.74) is -0.111. The lowest BCUT2D eigenvalue weighted by molar-refractivity contribution is -0.388. The molecule has 176 valence electrons. The van der Waals surface area contributed by atoms with Gasteiger partial charge in [0, 0.05) is 4.88 Å². The van der Waals surface area contributed by atoms with Crippen LogP contribution in [0, 0.1) is 5.92 Å². The van der Waals surface area contributed by atoms with E-state index in [0.717, 1.165) is 13.5 Å². The van der Waals surface area contributed by atoms with Crippen LogP contribution in [-0.4, -0.2) is 42.9 Å². The van der Waals surface area contributed by atoms with Gasteiger partial charge in [0.1, 0.15) is 5.00 Å². The lowest BCUT2D eigenvalue weighted by atomic mass is 9.85. The van der Waals surface area contributed by atoms with E-state index in [0.29, 0.717) is 34.6 Å². The Labute approximate surface area is 173 Å². The molecule has 1 heterocycles. The number of fused-ring (bicyclic) bond motifs is 1. The van der Waals surface area contributed by atoms with Gasteiger partial charge in [0.15, 0.2) is 0 Å². The Morgan fingerprint density at radius 3 is 2.13 bits per heavy atom. The Kier molecular flexibility index (Phi) is 6.66. The van der Waals surface area contributed by atoms with E-state index in [1.54, 1.807) is 0 Å². The standard InChI is InChI=1S/C17H16F9NO3S/c1-3-7-4-5-8-9(6-7)31-11(10(8)12(28)30-2)27-13(29)14(18,19)15(20,21)16(22,23)17(24,25)26/h7H,3-6H2,1-2H3,(H,27,29). The third-order valence-electron chi connectivity index (χ3n) is 4.99. The van der Waals surface area contributed by atoms with Crippen molar-refractivity contribution in [1.29, 1.82) is 0 Å². The second kappa shape index (κ2) is 8.17. The summed E-state index contributed by atoms with van der Waals surface area (Å²) < 4.78 is 122. The summed E-state index contributed by atoms with van der Waals surface area (Å²) in [6, 6.07) is 0. The maximum absolute atomic E-state index is 13.9. The molecule has 1 aromatic heterocycles. The van der Waals surface area contributed by atoms with Crippen LogP contribution in [0.15, 0.2) is 0 Å². The Balaban J connectivity index is 2.45. The van der Waals surface area contributed by atoms with Crippen molar-refractivity contribution in [2.24, 2.45) is 5.92 Å². The minimum absolute atomic E-state index is 0.149. The van der Waals surface area contributed by atoms with Crippen LogP contribution in [-0.2, 0) is 22.4 Å². The summed E-state index contributed by atoms with van der Waals surface area (Å²) in [5.74, 6) is -24.8. The number of alkyl halides is 9. The Morgan fingerprint density at radius 2 is 1.65 bits per heavy atom. The van der Waals surface area contributed by atoms with Crippen molar-refractivity contribution < 1.29 is 53.8 Å². The first-order chi connectivity index (χ1) is 14.0. The molecule has 2 rings (SSSR count). The molecule has 31 heavy (non-hydrogen) atoms. The van der Waals surface area contributed by atoms with Crippen LogP contribution in [0.5, 0.6) is 0 Å². The molecule has 0 spiro atoms. The van der Waals surface area contributed by atoms with E-state index >= 15 is 0 Å². The molecule has 0 aliphatic heterocycles. The number of nitrogens with one attached hydrogen (secondary N) is 1. The van der Waals surface area contributed by atoms with Gasteiger partial charge in [-0.25, -0.2) is 4.79 Å². The zero-order valence-corrected chi connectivity index (χ0v) is 16.8. The van der Waals surface area contributed by atoms with Gasteiger partial charge in [0.05, 0.1) is 12.7 Å². The second-order valence-corrected chi connectivity index (χ2v) is 8.00. The van der Waals surface area contributed by atoms with Gasteiger partial charge < -0.3 is 10.1 Å². The molecule has 1 aromatic rings. The number of carbonyl (C=O) groups is 2. The van der Waals surface area contributed by atoms with Gasteiger partial charge in [0.2, 0.25) is 0 Å². The van der Waals surface area contributed by atoms with Gasteiger partial charge in [-0.15, -0.1) is 11.3 Å². The fourth-order valence-electron chi connectivity index (χ4n) is 3.11. The monoisotopic (exact) mass is 485 g/mol. The number of halogens is 9. The number of hydrogen-bond acceptors (Lipinski definition) is 4. The fraction of sp³-hybridized carbons (Fsp3) is 0.647. The van der Waals surface area contributed by atoms with Crippen molar-refractivity contribution in [3.8, 4) is 0 Å². The molecular formula is C17H16F9NO3S. The molecular weight excluding hydrogens is 469 g/mol. The van der Waals surface area contributed by atoms with Crippen molar-refractivity contribution in [1.82, 2.24) is 0 Å². The summed E-state index contributed by atoms with van der Waals surface area (Å²) >= 11 is 0.572. The van der Waals surface area contributed by atoms with Gasteiger partial charge in [-0.05, 0) is 30.7 Å². The highest BCUT2D eigenvalue weighted by atomic mass is 32.1. The minimum atomic E-state index is -7.20. The van der Waals surface area contributed by atoms with Crippen molar-refractivity contribution in [3.63, 3.8) is 0 Å². The molecule has 0 radical (unpaired) electrons. The van der Waals surface area contributed by atoms with Crippen LogP contribution in [0.25, 0.3) is 0 Å². The second-order valence-electron chi connectivity index (χ2n) is 6.89. The quantitative estimate of drug-likeness (QED) is 0.431. The smallest absolute Gasteiger partial charge is 0.460 e. The molecule has 0 aromatic carbocycles. The molecule has 0 bridgehead atoms. The Hall–Kier alpha value is -1.99. The fourth-order valence-corrected chi connectivity index (χ4v) is 4.45. The highest BCUT2D eigenvalue weighted by Gasteiger charge is 2.83.